The van der Waals surface area contributed by atoms with E-state index in [1.807, 2.05) is 64.6 Å². The molecule has 2 aliphatic rings. The van der Waals surface area contributed by atoms with E-state index < -0.39 is 22.9 Å². The number of rotatable bonds is 8. The second kappa shape index (κ2) is 20.2. The van der Waals surface area contributed by atoms with Crippen LogP contribution < -0.4 is 26.2 Å². The fourth-order valence-corrected chi connectivity index (χ4v) is 6.78. The van der Waals surface area contributed by atoms with Gasteiger partial charge >= 0.3 is 12.2 Å². The Hall–Kier alpha value is -6.40. The highest BCUT2D eigenvalue weighted by Crippen LogP contribution is 2.30. The number of carbonyl (C=O) groups excluding carboxylic acids is 3. The highest BCUT2D eigenvalue weighted by Gasteiger charge is 2.29. The molecule has 2 aliphatic heterocycles. The Morgan fingerprint density at radius 2 is 1.13 bits per heavy atom. The fourth-order valence-electron chi connectivity index (χ4n) is 6.78. The third kappa shape index (κ3) is 13.0. The first-order valence-electron chi connectivity index (χ1n) is 20.3. The number of amides is 3. The van der Waals surface area contributed by atoms with Gasteiger partial charge in [0.1, 0.15) is 28.9 Å². The molecule has 61 heavy (non-hydrogen) atoms. The van der Waals surface area contributed by atoms with E-state index >= 15 is 0 Å². The first kappa shape index (κ1) is 45.7. The number of carbonyl (C=O) groups is 3. The molecule has 4 aromatic rings. The van der Waals surface area contributed by atoms with Crippen molar-refractivity contribution in [3.8, 4) is 6.07 Å². The Labute approximate surface area is 357 Å². The number of hydrogen-bond donors (Lipinski definition) is 3. The van der Waals surface area contributed by atoms with E-state index in [1.165, 1.54) is 36.4 Å². The number of piperazine rings is 2. The van der Waals surface area contributed by atoms with E-state index in [-0.39, 0.29) is 18.0 Å². The molecule has 0 radical (unpaired) electrons. The van der Waals surface area contributed by atoms with Crippen LogP contribution in [0.15, 0.2) is 84.9 Å². The fraction of sp³-hybridized carbons (Fsp3) is 0.391. The van der Waals surface area contributed by atoms with Crippen molar-refractivity contribution < 1.29 is 32.6 Å². The van der Waals surface area contributed by atoms with Gasteiger partial charge in [-0.15, -0.1) is 0 Å². The number of benzene rings is 4. The minimum absolute atomic E-state index is 0.242. The molecule has 6 rings (SSSR count). The lowest BCUT2D eigenvalue weighted by molar-refractivity contribution is 0.0230. The van der Waals surface area contributed by atoms with Gasteiger partial charge in [-0.05, 0) is 108 Å². The molecule has 0 saturated carbocycles. The third-order valence-corrected chi connectivity index (χ3v) is 9.80. The summed E-state index contributed by atoms with van der Waals surface area (Å²) in [5, 5.41) is 15.9. The molecule has 0 aromatic heterocycles. The number of ether oxygens (including phenoxy) is 2. The van der Waals surface area contributed by atoms with Crippen molar-refractivity contribution in [1.29, 1.82) is 5.26 Å². The quantitative estimate of drug-likeness (QED) is 0.159. The number of nitrogens with zero attached hydrogens (tertiary/aromatic N) is 5. The van der Waals surface area contributed by atoms with Crippen LogP contribution in [0.1, 0.15) is 68.6 Å². The van der Waals surface area contributed by atoms with Gasteiger partial charge in [-0.2, -0.15) is 5.26 Å². The number of hydrogen-bond acceptors (Lipinski definition) is 10. The molecular weight excluding hydrogens is 783 g/mol. The Bertz CT molecular complexity index is 2170. The third-order valence-electron chi connectivity index (χ3n) is 9.80. The highest BCUT2D eigenvalue weighted by molar-refractivity contribution is 6.05. The lowest BCUT2D eigenvalue weighted by Gasteiger charge is -2.37. The zero-order valence-corrected chi connectivity index (χ0v) is 35.8. The highest BCUT2D eigenvalue weighted by atomic mass is 19.1. The summed E-state index contributed by atoms with van der Waals surface area (Å²) in [6, 6.07) is 25.1. The molecule has 3 amide bonds. The summed E-state index contributed by atoms with van der Waals surface area (Å²) in [4.78, 5) is 44.7. The summed E-state index contributed by atoms with van der Waals surface area (Å²) in [5.74, 6) is -1.10. The standard InChI is InChI=1S/C23H25FN4O3.C23H31FN4O2/c1-23(2,3)31-22(30)28-13-11-27(12-14-28)20-6-4-5-19(18(20)15-25)26-21(29)16-7-9-17(24)10-8-16;1-23(2,3)30-22(29)28-13-11-27(12-14-28)21-6-4-5-20(19(21)15-25)26-16-17-7-9-18(24)10-8-17/h4-10H,11-14H2,1-3H3,(H,26,29);4-10,26H,11-16,25H2,1-3H3. The summed E-state index contributed by atoms with van der Waals surface area (Å²) in [5.41, 5.74) is 10.8. The lowest BCUT2D eigenvalue weighted by Crippen LogP contribution is -2.50. The van der Waals surface area contributed by atoms with Crippen molar-refractivity contribution in [3.05, 3.63) is 119 Å². The van der Waals surface area contributed by atoms with Crippen molar-refractivity contribution >= 4 is 40.8 Å². The molecule has 2 saturated heterocycles. The van der Waals surface area contributed by atoms with Gasteiger partial charge in [0.05, 0.1) is 16.9 Å². The number of anilines is 4. The molecule has 4 N–H and O–H groups in total. The molecule has 0 spiro atoms. The molecule has 13 nitrogen and oxygen atoms in total. The molecule has 0 unspecified atom stereocenters. The van der Waals surface area contributed by atoms with E-state index in [0.717, 1.165) is 22.5 Å². The maximum Gasteiger partial charge on any atom is 0.410 e. The summed E-state index contributed by atoms with van der Waals surface area (Å²) in [6.45, 7) is 16.7. The van der Waals surface area contributed by atoms with Crippen molar-refractivity contribution in [2.45, 2.75) is 65.8 Å². The van der Waals surface area contributed by atoms with Gasteiger partial charge < -0.3 is 45.4 Å². The van der Waals surface area contributed by atoms with Crippen LogP contribution in [0.25, 0.3) is 0 Å². The second-order valence-electron chi connectivity index (χ2n) is 16.7. The largest absolute Gasteiger partial charge is 0.444 e. The summed E-state index contributed by atoms with van der Waals surface area (Å²) < 4.78 is 37.1. The van der Waals surface area contributed by atoms with Gasteiger partial charge in [0.25, 0.3) is 5.91 Å². The van der Waals surface area contributed by atoms with E-state index in [1.54, 1.807) is 34.1 Å². The monoisotopic (exact) mass is 838 g/mol. The minimum atomic E-state index is -0.556. The van der Waals surface area contributed by atoms with Crippen LogP contribution in [0.2, 0.25) is 0 Å². The Balaban J connectivity index is 0.000000231. The lowest BCUT2D eigenvalue weighted by atomic mass is 10.1. The van der Waals surface area contributed by atoms with Gasteiger partial charge in [0, 0.05) is 87.9 Å². The summed E-state index contributed by atoms with van der Waals surface area (Å²) >= 11 is 0. The zero-order chi connectivity index (χ0) is 44.3. The van der Waals surface area contributed by atoms with E-state index in [2.05, 4.69) is 27.7 Å². The molecule has 15 heteroatoms. The SMILES string of the molecule is CC(C)(C)OC(=O)N1CCN(c2cccc(NC(=O)c3ccc(F)cc3)c2C#N)CC1.CC(C)(C)OC(=O)N1CCN(c2cccc(NCc3ccc(F)cc3)c2CN)CC1. The first-order valence-corrected chi connectivity index (χ1v) is 20.3. The molecule has 0 aliphatic carbocycles. The molecule has 4 aromatic carbocycles. The first-order chi connectivity index (χ1) is 28.9. The number of nitrogens with two attached hydrogens (primary N) is 1. The molecular formula is C46H56F2N8O5. The molecule has 0 bridgehead atoms. The van der Waals surface area contributed by atoms with Crippen LogP contribution in [0.3, 0.4) is 0 Å². The van der Waals surface area contributed by atoms with Crippen molar-refractivity contribution in [1.82, 2.24) is 9.80 Å². The smallest absolute Gasteiger partial charge is 0.410 e. The van der Waals surface area contributed by atoms with E-state index in [4.69, 9.17) is 15.2 Å². The molecule has 324 valence electrons. The van der Waals surface area contributed by atoms with Crippen LogP contribution in [-0.4, -0.2) is 91.5 Å². The van der Waals surface area contributed by atoms with Crippen LogP contribution in [0.4, 0.5) is 41.1 Å². The predicted octanol–water partition coefficient (Wildman–Crippen LogP) is 7.96. The topological polar surface area (TPSA) is 156 Å². The molecule has 2 fully saturated rings. The molecule has 2 heterocycles. The van der Waals surface area contributed by atoms with E-state index in [0.29, 0.717) is 87.9 Å². The van der Waals surface area contributed by atoms with E-state index in [9.17, 15) is 28.4 Å². The Kier molecular flexibility index (Phi) is 15.2. The van der Waals surface area contributed by atoms with Crippen LogP contribution >= 0.6 is 0 Å². The normalized spacial score (nSPS) is 14.3. The van der Waals surface area contributed by atoms with Crippen LogP contribution in [0.5, 0.6) is 0 Å². The average Bonchev–Trinajstić information content (AvgIpc) is 3.22. The Morgan fingerprint density at radius 1 is 0.672 bits per heavy atom. The van der Waals surface area contributed by atoms with Gasteiger partial charge in [0.2, 0.25) is 0 Å². The summed E-state index contributed by atoms with van der Waals surface area (Å²) in [6.07, 6.45) is -0.621. The Morgan fingerprint density at radius 3 is 1.61 bits per heavy atom. The minimum Gasteiger partial charge on any atom is -0.444 e. The average molecular weight is 839 g/mol. The van der Waals surface area contributed by atoms with Gasteiger partial charge in [-0.3, -0.25) is 4.79 Å². The molecule has 0 atom stereocenters. The van der Waals surface area contributed by atoms with Gasteiger partial charge in [0.15, 0.2) is 0 Å². The van der Waals surface area contributed by atoms with Crippen molar-refractivity contribution in [2.24, 2.45) is 5.73 Å². The number of halogens is 2. The van der Waals surface area contributed by atoms with Crippen LogP contribution in [-0.2, 0) is 22.6 Å². The van der Waals surface area contributed by atoms with Crippen molar-refractivity contribution in [3.63, 3.8) is 0 Å². The van der Waals surface area contributed by atoms with Gasteiger partial charge in [-0.1, -0.05) is 24.3 Å². The summed E-state index contributed by atoms with van der Waals surface area (Å²) in [7, 11) is 0. The maximum atomic E-state index is 13.1. The predicted molar refractivity (Wildman–Crippen MR) is 234 cm³/mol. The number of nitriles is 1. The van der Waals surface area contributed by atoms with Crippen LogP contribution in [0, 0.1) is 23.0 Å². The second-order valence-corrected chi connectivity index (χ2v) is 16.7. The maximum absolute atomic E-state index is 13.1. The number of nitrogens with one attached hydrogen (secondary N) is 2. The van der Waals surface area contributed by atoms with Crippen molar-refractivity contribution in [2.75, 3.05) is 72.8 Å². The van der Waals surface area contributed by atoms with Gasteiger partial charge in [-0.25, -0.2) is 18.4 Å². The zero-order valence-electron chi connectivity index (χ0n) is 35.8.